The van der Waals surface area contributed by atoms with Crippen molar-refractivity contribution in [2.24, 2.45) is 11.1 Å². The summed E-state index contributed by atoms with van der Waals surface area (Å²) < 4.78 is 23.1. The zero-order valence-corrected chi connectivity index (χ0v) is 17.0. The van der Waals surface area contributed by atoms with Gasteiger partial charge in [0.15, 0.2) is 0 Å². The molecule has 0 saturated carbocycles. The molecule has 3 rings (SSSR count). The number of piperidine rings is 1. The molecule has 1 atom stereocenters. The van der Waals surface area contributed by atoms with Gasteiger partial charge in [-0.05, 0) is 89.0 Å². The second-order valence-electron chi connectivity index (χ2n) is 7.76. The van der Waals surface area contributed by atoms with Crippen molar-refractivity contribution in [1.82, 2.24) is 10.2 Å². The van der Waals surface area contributed by atoms with Gasteiger partial charge in [-0.1, -0.05) is 0 Å². The van der Waals surface area contributed by atoms with E-state index < -0.39 is 10.0 Å². The Labute approximate surface area is 161 Å². The van der Waals surface area contributed by atoms with Crippen LogP contribution in [0, 0.1) is 5.92 Å². The minimum Gasteiger partial charge on any atom is -0.320 e. The molecule has 1 fully saturated rings. The number of sulfonamides is 1. The van der Waals surface area contributed by atoms with Crippen molar-refractivity contribution >= 4 is 21.6 Å². The first-order valence-electron chi connectivity index (χ1n) is 9.64. The predicted molar refractivity (Wildman–Crippen MR) is 106 cm³/mol. The third-order valence-electron chi connectivity index (χ3n) is 5.73. The molecule has 1 unspecified atom stereocenters. The van der Waals surface area contributed by atoms with Crippen LogP contribution in [0.5, 0.6) is 0 Å². The smallest absolute Gasteiger partial charge is 0.241 e. The summed E-state index contributed by atoms with van der Waals surface area (Å²) in [5.41, 5.74) is 1.68. The number of amides is 1. The average Bonchev–Trinajstić information content (AvgIpc) is 2.95. The van der Waals surface area contributed by atoms with Crippen molar-refractivity contribution in [3.8, 4) is 0 Å². The van der Waals surface area contributed by atoms with Crippen LogP contribution < -0.4 is 15.4 Å². The number of rotatable bonds is 6. The number of hydrogen-bond donors (Lipinski definition) is 2. The van der Waals surface area contributed by atoms with Gasteiger partial charge in [-0.2, -0.15) is 0 Å². The molecule has 2 heterocycles. The quantitative estimate of drug-likeness (QED) is 0.748. The number of carbonyl (C=O) groups is 1. The van der Waals surface area contributed by atoms with Gasteiger partial charge in [-0.15, -0.1) is 0 Å². The van der Waals surface area contributed by atoms with Gasteiger partial charge in [0.2, 0.25) is 15.9 Å². The van der Waals surface area contributed by atoms with Crippen molar-refractivity contribution in [1.29, 1.82) is 0 Å². The van der Waals surface area contributed by atoms with E-state index in [0.29, 0.717) is 13.0 Å². The molecule has 150 valence electrons. The molecule has 1 aromatic carbocycles. The van der Waals surface area contributed by atoms with E-state index in [9.17, 15) is 13.2 Å². The molecule has 1 aromatic rings. The highest BCUT2D eigenvalue weighted by Gasteiger charge is 2.33. The molecule has 1 amide bonds. The lowest BCUT2D eigenvalue weighted by Gasteiger charge is -2.33. The SMILES string of the molecule is CNCCC1CCN(CC(=O)N2c3ccc(S(N)(=O)=O)cc3CC2C)CC1. The fourth-order valence-electron chi connectivity index (χ4n) is 4.21. The lowest BCUT2D eigenvalue weighted by Crippen LogP contribution is -2.45. The van der Waals surface area contributed by atoms with Gasteiger partial charge in [-0.3, -0.25) is 9.69 Å². The van der Waals surface area contributed by atoms with E-state index in [2.05, 4.69) is 10.2 Å². The highest BCUT2D eigenvalue weighted by atomic mass is 32.2. The fraction of sp³-hybridized carbons (Fsp3) is 0.632. The first kappa shape index (κ1) is 20.3. The molecule has 7 nitrogen and oxygen atoms in total. The number of anilines is 1. The Morgan fingerprint density at radius 1 is 1.30 bits per heavy atom. The van der Waals surface area contributed by atoms with Crippen molar-refractivity contribution in [2.45, 2.75) is 43.5 Å². The summed E-state index contributed by atoms with van der Waals surface area (Å²) in [6.07, 6.45) is 4.12. The molecule has 2 aliphatic rings. The number of nitrogens with zero attached hydrogens (tertiary/aromatic N) is 2. The first-order valence-corrected chi connectivity index (χ1v) is 11.2. The largest absolute Gasteiger partial charge is 0.320 e. The summed E-state index contributed by atoms with van der Waals surface area (Å²) in [6.45, 7) is 5.38. The summed E-state index contributed by atoms with van der Waals surface area (Å²) >= 11 is 0. The van der Waals surface area contributed by atoms with Crippen molar-refractivity contribution < 1.29 is 13.2 Å². The van der Waals surface area contributed by atoms with Crippen LogP contribution in [-0.2, 0) is 21.2 Å². The van der Waals surface area contributed by atoms with Crippen LogP contribution in [0.1, 0.15) is 31.7 Å². The molecule has 0 radical (unpaired) electrons. The highest BCUT2D eigenvalue weighted by molar-refractivity contribution is 7.89. The molecule has 27 heavy (non-hydrogen) atoms. The number of likely N-dealkylation sites (tertiary alicyclic amines) is 1. The Kier molecular flexibility index (Phi) is 6.20. The normalized spacial score (nSPS) is 21.4. The van der Waals surface area contributed by atoms with E-state index in [1.807, 2.05) is 18.9 Å². The lowest BCUT2D eigenvalue weighted by atomic mass is 9.93. The highest BCUT2D eigenvalue weighted by Crippen LogP contribution is 2.34. The van der Waals surface area contributed by atoms with Gasteiger partial charge in [-0.25, -0.2) is 13.6 Å². The summed E-state index contributed by atoms with van der Waals surface area (Å²) in [5, 5.41) is 8.43. The molecule has 0 spiro atoms. The van der Waals surface area contributed by atoms with Gasteiger partial charge >= 0.3 is 0 Å². The van der Waals surface area contributed by atoms with E-state index in [-0.39, 0.29) is 16.8 Å². The van der Waals surface area contributed by atoms with Gasteiger partial charge in [0.25, 0.3) is 0 Å². The molecule has 0 aliphatic carbocycles. The van der Waals surface area contributed by atoms with E-state index >= 15 is 0 Å². The zero-order chi connectivity index (χ0) is 19.6. The Morgan fingerprint density at radius 2 is 2.00 bits per heavy atom. The maximum absolute atomic E-state index is 13.0. The maximum atomic E-state index is 13.0. The topological polar surface area (TPSA) is 95.7 Å². The summed E-state index contributed by atoms with van der Waals surface area (Å²) in [6, 6.07) is 4.82. The molecule has 0 bridgehead atoms. The number of nitrogens with one attached hydrogen (secondary N) is 1. The predicted octanol–water partition coefficient (Wildman–Crippen LogP) is 0.933. The Morgan fingerprint density at radius 3 is 2.63 bits per heavy atom. The monoisotopic (exact) mass is 394 g/mol. The lowest BCUT2D eigenvalue weighted by molar-refractivity contribution is -0.120. The van der Waals surface area contributed by atoms with E-state index in [1.54, 1.807) is 12.1 Å². The second kappa shape index (κ2) is 8.26. The van der Waals surface area contributed by atoms with Gasteiger partial charge < -0.3 is 10.2 Å². The minimum absolute atomic E-state index is 0.0244. The Bertz CT molecular complexity index is 788. The third kappa shape index (κ3) is 4.68. The van der Waals surface area contributed by atoms with Crippen LogP contribution in [0.4, 0.5) is 5.69 Å². The van der Waals surface area contributed by atoms with Crippen molar-refractivity contribution in [3.05, 3.63) is 23.8 Å². The molecule has 3 N–H and O–H groups in total. The summed E-state index contributed by atoms with van der Waals surface area (Å²) in [4.78, 5) is 17.1. The first-order chi connectivity index (χ1) is 12.8. The minimum atomic E-state index is -3.73. The summed E-state index contributed by atoms with van der Waals surface area (Å²) in [5.74, 6) is 0.824. The molecule has 8 heteroatoms. The number of primary sulfonamides is 1. The van der Waals surface area contributed by atoms with E-state index in [1.165, 1.54) is 12.5 Å². The van der Waals surface area contributed by atoms with Crippen LogP contribution in [0.3, 0.4) is 0 Å². The van der Waals surface area contributed by atoms with Crippen molar-refractivity contribution in [2.75, 3.05) is 38.1 Å². The zero-order valence-electron chi connectivity index (χ0n) is 16.1. The van der Waals surface area contributed by atoms with Crippen molar-refractivity contribution in [3.63, 3.8) is 0 Å². The number of carbonyl (C=O) groups excluding carboxylic acids is 1. The van der Waals surface area contributed by atoms with Gasteiger partial charge in [0, 0.05) is 11.7 Å². The maximum Gasteiger partial charge on any atom is 0.241 e. The Hall–Kier alpha value is -1.48. The third-order valence-corrected chi connectivity index (χ3v) is 6.64. The van der Waals surface area contributed by atoms with Crippen LogP contribution in [0.25, 0.3) is 0 Å². The summed E-state index contributed by atoms with van der Waals surface area (Å²) in [7, 11) is -1.75. The van der Waals surface area contributed by atoms with Crippen LogP contribution >= 0.6 is 0 Å². The Balaban J connectivity index is 1.63. The number of nitrogens with two attached hydrogens (primary N) is 1. The van der Waals surface area contributed by atoms with Gasteiger partial charge in [0.1, 0.15) is 0 Å². The molecular weight excluding hydrogens is 364 g/mol. The van der Waals surface area contributed by atoms with Crippen LogP contribution in [-0.4, -0.2) is 58.5 Å². The average molecular weight is 395 g/mol. The van der Waals surface area contributed by atoms with E-state index in [4.69, 9.17) is 5.14 Å². The van der Waals surface area contributed by atoms with Gasteiger partial charge in [0.05, 0.1) is 11.4 Å². The molecule has 1 saturated heterocycles. The van der Waals surface area contributed by atoms with E-state index in [0.717, 1.165) is 49.6 Å². The molecule has 2 aliphatic heterocycles. The second-order valence-corrected chi connectivity index (χ2v) is 9.33. The standard InChI is InChI=1S/C19H30N4O3S/c1-14-11-16-12-17(27(20,25)26)3-4-18(16)23(14)19(24)13-22-9-6-15(7-10-22)5-8-21-2/h3-4,12,14-15,21H,5-11,13H2,1-2H3,(H2,20,25,26). The number of fused-ring (bicyclic) bond motifs is 1. The molecular formula is C19H30N4O3S. The number of hydrogen-bond acceptors (Lipinski definition) is 5. The van der Waals surface area contributed by atoms with Crippen LogP contribution in [0.2, 0.25) is 0 Å². The molecule has 0 aromatic heterocycles. The number of benzene rings is 1. The fourth-order valence-corrected chi connectivity index (χ4v) is 4.78. The van der Waals surface area contributed by atoms with Crippen LogP contribution in [0.15, 0.2) is 23.1 Å².